The molecule has 0 spiro atoms. The van der Waals surface area contributed by atoms with Crippen LogP contribution >= 0.6 is 23.4 Å². The highest BCUT2D eigenvalue weighted by atomic mass is 35.5. The summed E-state index contributed by atoms with van der Waals surface area (Å²) in [4.78, 5) is 4.21. The normalized spacial score (nSPS) is 10.5. The van der Waals surface area contributed by atoms with Crippen LogP contribution in [0.5, 0.6) is 0 Å². The molecule has 0 N–H and O–H groups in total. The Labute approximate surface area is 82.3 Å². The molecule has 0 radical (unpaired) electrons. The molecule has 0 aliphatic rings. The van der Waals surface area contributed by atoms with Gasteiger partial charge in [0, 0.05) is 31.1 Å². The zero-order chi connectivity index (χ0) is 8.81. The Morgan fingerprint density at radius 2 is 2.42 bits per heavy atom. The van der Waals surface area contributed by atoms with Gasteiger partial charge < -0.3 is 4.57 Å². The van der Waals surface area contributed by atoms with Gasteiger partial charge >= 0.3 is 0 Å². The quantitative estimate of drug-likeness (QED) is 0.417. The fourth-order valence-corrected chi connectivity index (χ4v) is 1.97. The zero-order valence-electron chi connectivity index (χ0n) is 7.16. The van der Waals surface area contributed by atoms with Crippen molar-refractivity contribution in [1.29, 1.82) is 0 Å². The fourth-order valence-electron chi connectivity index (χ4n) is 0.851. The molecule has 1 aromatic rings. The monoisotopic (exact) mass is 204 g/mol. The summed E-state index contributed by atoms with van der Waals surface area (Å²) in [6.07, 6.45) is 6.05. The van der Waals surface area contributed by atoms with Gasteiger partial charge in [-0.2, -0.15) is 0 Å². The average molecular weight is 205 g/mol. The molecule has 1 rings (SSSR count). The molecule has 0 amide bonds. The summed E-state index contributed by atoms with van der Waals surface area (Å²) in [6, 6.07) is 0. The lowest BCUT2D eigenvalue weighted by atomic mass is 10.4. The Hall–Kier alpha value is -0.150. The first-order valence-corrected chi connectivity index (χ1v) is 5.52. The van der Waals surface area contributed by atoms with E-state index in [0.29, 0.717) is 0 Å². The maximum absolute atomic E-state index is 5.56. The van der Waals surface area contributed by atoms with Crippen LogP contribution in [0.2, 0.25) is 0 Å². The van der Waals surface area contributed by atoms with E-state index < -0.39 is 0 Å². The number of unbranched alkanes of at least 4 members (excludes halogenated alkanes) is 1. The predicted molar refractivity (Wildman–Crippen MR) is 53.9 cm³/mol. The summed E-state index contributed by atoms with van der Waals surface area (Å²) in [5, 5.41) is 1.09. The lowest BCUT2D eigenvalue weighted by molar-refractivity contribution is 0.787. The van der Waals surface area contributed by atoms with Crippen molar-refractivity contribution in [1.82, 2.24) is 9.55 Å². The van der Waals surface area contributed by atoms with Crippen molar-refractivity contribution in [2.45, 2.75) is 18.0 Å². The molecular formula is C8H13ClN2S. The van der Waals surface area contributed by atoms with Crippen molar-refractivity contribution in [3.63, 3.8) is 0 Å². The molecule has 4 heteroatoms. The van der Waals surface area contributed by atoms with Crippen LogP contribution in [-0.4, -0.2) is 21.2 Å². The van der Waals surface area contributed by atoms with Gasteiger partial charge in [0.1, 0.15) is 0 Å². The smallest absolute Gasteiger partial charge is 0.167 e. The summed E-state index contributed by atoms with van der Waals surface area (Å²) < 4.78 is 2.03. The zero-order valence-corrected chi connectivity index (χ0v) is 8.74. The number of rotatable bonds is 5. The summed E-state index contributed by atoms with van der Waals surface area (Å²) in [7, 11) is 2.01. The topological polar surface area (TPSA) is 17.8 Å². The molecule has 0 atom stereocenters. The fraction of sp³-hybridized carbons (Fsp3) is 0.625. The van der Waals surface area contributed by atoms with Gasteiger partial charge in [0.15, 0.2) is 5.16 Å². The van der Waals surface area contributed by atoms with Gasteiger partial charge in [0.25, 0.3) is 0 Å². The summed E-state index contributed by atoms with van der Waals surface area (Å²) in [6.45, 7) is 0. The van der Waals surface area contributed by atoms with Gasteiger partial charge in [-0.05, 0) is 12.8 Å². The third-order valence-electron chi connectivity index (χ3n) is 1.54. The van der Waals surface area contributed by atoms with Gasteiger partial charge in [0.05, 0.1) is 0 Å². The van der Waals surface area contributed by atoms with Gasteiger partial charge in [-0.25, -0.2) is 4.98 Å². The predicted octanol–water partition coefficient (Wildman–Crippen LogP) is 2.53. The largest absolute Gasteiger partial charge is 0.329 e. The molecule has 1 aromatic heterocycles. The molecule has 0 unspecified atom stereocenters. The van der Waals surface area contributed by atoms with Crippen LogP contribution in [0.1, 0.15) is 12.8 Å². The number of imidazole rings is 1. The van der Waals surface area contributed by atoms with Crippen LogP contribution in [0.4, 0.5) is 0 Å². The van der Waals surface area contributed by atoms with Crippen LogP contribution in [0.25, 0.3) is 0 Å². The minimum absolute atomic E-state index is 0.765. The maximum atomic E-state index is 5.56. The van der Waals surface area contributed by atoms with E-state index >= 15 is 0 Å². The molecule has 0 bridgehead atoms. The molecule has 2 nitrogen and oxygen atoms in total. The van der Waals surface area contributed by atoms with E-state index in [2.05, 4.69) is 4.98 Å². The van der Waals surface area contributed by atoms with Crippen LogP contribution in [-0.2, 0) is 7.05 Å². The first-order valence-electron chi connectivity index (χ1n) is 4.00. The van der Waals surface area contributed by atoms with Crippen molar-refractivity contribution in [3.8, 4) is 0 Å². The number of thioether (sulfide) groups is 1. The second-order valence-corrected chi connectivity index (χ2v) is 4.01. The number of hydrogen-bond donors (Lipinski definition) is 0. The molecule has 0 saturated carbocycles. The summed E-state index contributed by atoms with van der Waals surface area (Å²) >= 11 is 7.35. The average Bonchev–Trinajstić information content (AvgIpc) is 2.46. The second kappa shape index (κ2) is 5.49. The van der Waals surface area contributed by atoms with Gasteiger partial charge in [-0.3, -0.25) is 0 Å². The van der Waals surface area contributed by atoms with Crippen molar-refractivity contribution in [2.75, 3.05) is 11.6 Å². The molecule has 0 fully saturated rings. The van der Waals surface area contributed by atoms with Crippen LogP contribution < -0.4 is 0 Å². The summed E-state index contributed by atoms with van der Waals surface area (Å²) in [5.41, 5.74) is 0. The van der Waals surface area contributed by atoms with E-state index in [9.17, 15) is 0 Å². The van der Waals surface area contributed by atoms with E-state index in [-0.39, 0.29) is 0 Å². The second-order valence-electron chi connectivity index (χ2n) is 2.57. The van der Waals surface area contributed by atoms with Crippen molar-refractivity contribution >= 4 is 23.4 Å². The Morgan fingerprint density at radius 1 is 1.58 bits per heavy atom. The molecule has 1 heterocycles. The third-order valence-corrected chi connectivity index (χ3v) is 2.95. The Morgan fingerprint density at radius 3 is 3.00 bits per heavy atom. The Bertz CT molecular complexity index is 225. The maximum Gasteiger partial charge on any atom is 0.167 e. The lowest BCUT2D eigenvalue weighted by Crippen LogP contribution is -1.90. The van der Waals surface area contributed by atoms with Crippen LogP contribution in [0.3, 0.4) is 0 Å². The summed E-state index contributed by atoms with van der Waals surface area (Å²) in [5.74, 6) is 1.87. The van der Waals surface area contributed by atoms with Crippen molar-refractivity contribution < 1.29 is 0 Å². The van der Waals surface area contributed by atoms with E-state index in [4.69, 9.17) is 11.6 Å². The Balaban J connectivity index is 2.20. The van der Waals surface area contributed by atoms with Gasteiger partial charge in [-0.15, -0.1) is 11.6 Å². The van der Waals surface area contributed by atoms with E-state index in [0.717, 1.165) is 23.2 Å². The molecule has 0 aliphatic carbocycles. The first kappa shape index (κ1) is 9.93. The van der Waals surface area contributed by atoms with Crippen molar-refractivity contribution in [3.05, 3.63) is 12.4 Å². The third kappa shape index (κ3) is 3.07. The molecule has 0 aromatic carbocycles. The van der Waals surface area contributed by atoms with Crippen LogP contribution in [0.15, 0.2) is 17.6 Å². The number of hydrogen-bond acceptors (Lipinski definition) is 2. The number of halogens is 1. The van der Waals surface area contributed by atoms with Crippen molar-refractivity contribution in [2.24, 2.45) is 7.05 Å². The highest BCUT2D eigenvalue weighted by Gasteiger charge is 1.98. The first-order chi connectivity index (χ1) is 5.84. The molecule has 68 valence electrons. The lowest BCUT2D eigenvalue weighted by Gasteiger charge is -1.99. The van der Waals surface area contributed by atoms with Crippen LogP contribution in [0, 0.1) is 0 Å². The SMILES string of the molecule is Cn1ccnc1SCCCCCl. The minimum atomic E-state index is 0.765. The number of aryl methyl sites for hydroxylation is 1. The highest BCUT2D eigenvalue weighted by molar-refractivity contribution is 7.99. The number of alkyl halides is 1. The molecule has 0 aliphatic heterocycles. The van der Waals surface area contributed by atoms with E-state index in [1.807, 2.05) is 24.0 Å². The number of aromatic nitrogens is 2. The van der Waals surface area contributed by atoms with Gasteiger partial charge in [0.2, 0.25) is 0 Å². The van der Waals surface area contributed by atoms with E-state index in [1.165, 1.54) is 6.42 Å². The molecule has 12 heavy (non-hydrogen) atoms. The molecular weight excluding hydrogens is 192 g/mol. The van der Waals surface area contributed by atoms with Gasteiger partial charge in [-0.1, -0.05) is 11.8 Å². The highest BCUT2D eigenvalue weighted by Crippen LogP contribution is 2.15. The van der Waals surface area contributed by atoms with E-state index in [1.54, 1.807) is 11.8 Å². The minimum Gasteiger partial charge on any atom is -0.329 e. The number of nitrogens with zero attached hydrogens (tertiary/aromatic N) is 2. The standard InChI is InChI=1S/C8H13ClN2S/c1-11-6-5-10-8(11)12-7-3-2-4-9/h5-6H,2-4,7H2,1H3. The Kier molecular flexibility index (Phi) is 4.54. The molecule has 0 saturated heterocycles.